The number of rotatable bonds is 43. The van der Waals surface area contributed by atoms with Crippen molar-refractivity contribution in [2.75, 3.05) is 40.9 Å². The maximum atomic E-state index is 12.9. The number of aliphatic hydroxyl groups is 2. The summed E-state index contributed by atoms with van der Waals surface area (Å²) in [6.07, 6.45) is 52.2. The number of hydrogen-bond donors (Lipinski definition) is 3. The minimum atomic E-state index is -4.67. The van der Waals surface area contributed by atoms with Crippen LogP contribution in [0.1, 0.15) is 187 Å². The van der Waals surface area contributed by atoms with Crippen molar-refractivity contribution in [2.24, 2.45) is 0 Å². The molecular weight excluding hydrogens is 784 g/mol. The van der Waals surface area contributed by atoms with Gasteiger partial charge in [-0.05, 0) is 64.2 Å². The Balaban J connectivity index is 4.41. The fourth-order valence-electron chi connectivity index (χ4n) is 6.67. The summed E-state index contributed by atoms with van der Waals surface area (Å²) in [7, 11) is 1.10. The van der Waals surface area contributed by atoms with Gasteiger partial charge >= 0.3 is 0 Å². The van der Waals surface area contributed by atoms with Crippen LogP contribution in [-0.2, 0) is 18.4 Å². The quantitative estimate of drug-likeness (QED) is 0.0241. The summed E-state index contributed by atoms with van der Waals surface area (Å²) in [5.41, 5.74) is 0. The summed E-state index contributed by atoms with van der Waals surface area (Å²) in [5.74, 6) is -0.297. The van der Waals surface area contributed by atoms with Crippen LogP contribution in [0, 0.1) is 0 Å². The zero-order valence-corrected chi connectivity index (χ0v) is 40.6. The lowest BCUT2D eigenvalue weighted by atomic mass is 9.99. The van der Waals surface area contributed by atoms with Crippen LogP contribution in [-0.4, -0.2) is 79.8 Å². The number of hydrogen-bond acceptors (Lipinski definition) is 7. The molecule has 0 aliphatic carbocycles. The molecule has 0 aliphatic rings. The van der Waals surface area contributed by atoms with E-state index in [-0.39, 0.29) is 18.9 Å². The Morgan fingerprint density at radius 2 is 1.03 bits per heavy atom. The van der Waals surface area contributed by atoms with Crippen LogP contribution in [0.25, 0.3) is 0 Å². The number of quaternary nitrogens is 1. The van der Waals surface area contributed by atoms with E-state index in [0.717, 1.165) is 103 Å². The summed E-state index contributed by atoms with van der Waals surface area (Å²) in [4.78, 5) is 25.4. The standard InChI is InChI=1S/C51H93N2O7P/c1-6-8-10-12-14-16-18-20-21-22-23-24-25-26-27-28-29-30-31-32-34-36-38-40-42-44-50(55)52-48(47-60-61(57,58)59-46-45-53(3,4)5)51(56)49(54)43-41-39-37-35-33-19-17-15-13-11-9-7-2/h8,10,14,16,20-21,23-24,26-27,29-30,48-49,51,54,56H,6-7,9,11-13,15,17-19,22,25,28,31-47H2,1-5H3,(H-,52,55,57,58)/b10-8-,16-14-,21-20-,24-23-,27-26-,30-29-. The van der Waals surface area contributed by atoms with Gasteiger partial charge in [-0.25, -0.2) is 0 Å². The summed E-state index contributed by atoms with van der Waals surface area (Å²) in [6.45, 7) is 4.29. The topological polar surface area (TPSA) is 128 Å². The Bertz CT molecular complexity index is 1240. The molecule has 0 heterocycles. The number of phosphoric ester groups is 1. The molecular formula is C51H93N2O7P. The zero-order chi connectivity index (χ0) is 45.1. The Kier molecular flexibility index (Phi) is 40.4. The van der Waals surface area contributed by atoms with E-state index in [0.29, 0.717) is 23.9 Å². The highest BCUT2D eigenvalue weighted by atomic mass is 31.2. The number of aliphatic hydroxyl groups excluding tert-OH is 2. The second-order valence-electron chi connectivity index (χ2n) is 17.6. The average molecular weight is 877 g/mol. The molecule has 0 saturated carbocycles. The second kappa shape index (κ2) is 41.9. The van der Waals surface area contributed by atoms with E-state index < -0.39 is 32.7 Å². The van der Waals surface area contributed by atoms with Crippen molar-refractivity contribution in [1.29, 1.82) is 0 Å². The van der Waals surface area contributed by atoms with E-state index in [4.69, 9.17) is 9.05 Å². The molecule has 354 valence electrons. The van der Waals surface area contributed by atoms with Crippen LogP contribution in [0.4, 0.5) is 0 Å². The molecule has 0 spiro atoms. The first-order valence-electron chi connectivity index (χ1n) is 24.4. The smallest absolute Gasteiger partial charge is 0.268 e. The number of allylic oxidation sites excluding steroid dienone is 12. The highest BCUT2D eigenvalue weighted by Gasteiger charge is 2.29. The average Bonchev–Trinajstić information content (AvgIpc) is 3.21. The molecule has 0 radical (unpaired) electrons. The predicted molar refractivity (Wildman–Crippen MR) is 257 cm³/mol. The highest BCUT2D eigenvalue weighted by molar-refractivity contribution is 7.45. The fourth-order valence-corrected chi connectivity index (χ4v) is 7.39. The van der Waals surface area contributed by atoms with Gasteiger partial charge in [0.1, 0.15) is 19.3 Å². The van der Waals surface area contributed by atoms with Crippen LogP contribution in [0.2, 0.25) is 0 Å². The number of nitrogens with zero attached hydrogens (tertiary/aromatic N) is 1. The number of unbranched alkanes of at least 4 members (excludes halogenated alkanes) is 17. The van der Waals surface area contributed by atoms with Gasteiger partial charge in [0, 0.05) is 6.42 Å². The molecule has 0 aromatic rings. The minimum absolute atomic E-state index is 0.0477. The third-order valence-corrected chi connectivity index (χ3v) is 11.5. The van der Waals surface area contributed by atoms with Gasteiger partial charge in [-0.2, -0.15) is 0 Å². The lowest BCUT2D eigenvalue weighted by Crippen LogP contribution is -2.51. The monoisotopic (exact) mass is 877 g/mol. The number of phosphoric acid groups is 1. The van der Waals surface area contributed by atoms with Crippen molar-refractivity contribution in [3.8, 4) is 0 Å². The van der Waals surface area contributed by atoms with E-state index in [2.05, 4.69) is 92.1 Å². The van der Waals surface area contributed by atoms with E-state index in [1.165, 1.54) is 51.4 Å². The lowest BCUT2D eigenvalue weighted by molar-refractivity contribution is -0.870. The Labute approximate surface area is 375 Å². The van der Waals surface area contributed by atoms with Gasteiger partial charge < -0.3 is 34.0 Å². The first kappa shape index (κ1) is 58.9. The molecule has 0 fully saturated rings. The van der Waals surface area contributed by atoms with E-state index in [1.54, 1.807) is 0 Å². The van der Waals surface area contributed by atoms with E-state index >= 15 is 0 Å². The number of carbonyl (C=O) groups is 1. The molecule has 9 nitrogen and oxygen atoms in total. The maximum absolute atomic E-state index is 12.9. The fraction of sp³-hybridized carbons (Fsp3) is 0.745. The van der Waals surface area contributed by atoms with Crippen LogP contribution >= 0.6 is 7.82 Å². The SMILES string of the molecule is CC/C=C\C/C=C\C/C=C\C/C=C\C/C=C\C/C=C\CCCCCCCCC(=O)NC(COP(=O)([O-])OCC[N+](C)(C)C)C(O)C(O)CCCCCCCCCCCCCC. The molecule has 0 rings (SSSR count). The summed E-state index contributed by atoms with van der Waals surface area (Å²) >= 11 is 0. The van der Waals surface area contributed by atoms with Gasteiger partial charge in [0.2, 0.25) is 5.91 Å². The Morgan fingerprint density at radius 3 is 1.51 bits per heavy atom. The number of amides is 1. The maximum Gasteiger partial charge on any atom is 0.268 e. The molecule has 0 saturated heterocycles. The van der Waals surface area contributed by atoms with Crippen LogP contribution in [0.5, 0.6) is 0 Å². The van der Waals surface area contributed by atoms with Gasteiger partial charge in [0.25, 0.3) is 7.82 Å². The van der Waals surface area contributed by atoms with Gasteiger partial charge in [-0.1, -0.05) is 189 Å². The minimum Gasteiger partial charge on any atom is -0.756 e. The van der Waals surface area contributed by atoms with Crippen molar-refractivity contribution in [3.05, 3.63) is 72.9 Å². The number of carbonyl (C=O) groups excluding carboxylic acids is 1. The summed E-state index contributed by atoms with van der Waals surface area (Å²) < 4.78 is 23.2. The van der Waals surface area contributed by atoms with Crippen molar-refractivity contribution in [2.45, 2.75) is 205 Å². The Morgan fingerprint density at radius 1 is 0.607 bits per heavy atom. The molecule has 4 atom stereocenters. The van der Waals surface area contributed by atoms with Gasteiger partial charge in [-0.3, -0.25) is 9.36 Å². The highest BCUT2D eigenvalue weighted by Crippen LogP contribution is 2.38. The largest absolute Gasteiger partial charge is 0.756 e. The predicted octanol–water partition coefficient (Wildman–Crippen LogP) is 12.3. The Hall–Kier alpha value is -2.10. The normalized spacial score (nSPS) is 15.3. The van der Waals surface area contributed by atoms with Crippen molar-refractivity contribution >= 4 is 13.7 Å². The molecule has 0 bridgehead atoms. The molecule has 3 N–H and O–H groups in total. The third-order valence-electron chi connectivity index (χ3n) is 10.6. The van der Waals surface area contributed by atoms with Crippen LogP contribution in [0.15, 0.2) is 72.9 Å². The molecule has 61 heavy (non-hydrogen) atoms. The zero-order valence-electron chi connectivity index (χ0n) is 39.7. The summed E-state index contributed by atoms with van der Waals surface area (Å²) in [5, 5.41) is 24.7. The van der Waals surface area contributed by atoms with Gasteiger partial charge in [0.05, 0.1) is 39.9 Å². The van der Waals surface area contributed by atoms with E-state index in [1.807, 2.05) is 21.1 Å². The first-order chi connectivity index (χ1) is 29.4. The van der Waals surface area contributed by atoms with Crippen LogP contribution in [0.3, 0.4) is 0 Å². The van der Waals surface area contributed by atoms with E-state index in [9.17, 15) is 24.5 Å². The first-order valence-corrected chi connectivity index (χ1v) is 25.8. The second-order valence-corrected chi connectivity index (χ2v) is 19.0. The molecule has 0 aromatic carbocycles. The van der Waals surface area contributed by atoms with Gasteiger partial charge in [-0.15, -0.1) is 0 Å². The van der Waals surface area contributed by atoms with Crippen molar-refractivity contribution < 1.29 is 38.0 Å². The molecule has 0 aromatic heterocycles. The number of nitrogens with one attached hydrogen (secondary N) is 1. The van der Waals surface area contributed by atoms with Crippen molar-refractivity contribution in [1.82, 2.24) is 5.32 Å². The van der Waals surface area contributed by atoms with Crippen LogP contribution < -0.4 is 10.2 Å². The molecule has 4 unspecified atom stereocenters. The third kappa shape index (κ3) is 43.0. The molecule has 10 heteroatoms. The van der Waals surface area contributed by atoms with Gasteiger partial charge in [0.15, 0.2) is 0 Å². The summed E-state index contributed by atoms with van der Waals surface area (Å²) in [6, 6.07) is -1.09. The lowest BCUT2D eigenvalue weighted by Gasteiger charge is -2.31. The number of likely N-dealkylation sites (N-methyl/N-ethyl adjacent to an activating group) is 1. The molecule has 1 amide bonds. The molecule has 0 aliphatic heterocycles. The van der Waals surface area contributed by atoms with Crippen molar-refractivity contribution in [3.63, 3.8) is 0 Å².